The van der Waals surface area contributed by atoms with Crippen LogP contribution in [0.3, 0.4) is 0 Å². The number of para-hydroxylation sites is 1. The first kappa shape index (κ1) is 15.5. The molecule has 0 unspecified atom stereocenters. The number of amides is 1. The molecule has 2 aromatic carbocycles. The standard InChI is InChI=1S/C18H18N2O2/c1-3-13-22-17-12-8-7-11-16(17)18(21)20-19-14(2)15-9-5-4-6-10-15/h3-12H,1,13H2,2H3,(H,20,21)/b19-14+. The quantitative estimate of drug-likeness (QED) is 0.504. The molecule has 0 bridgehead atoms. The lowest BCUT2D eigenvalue weighted by atomic mass is 10.1. The summed E-state index contributed by atoms with van der Waals surface area (Å²) < 4.78 is 5.47. The summed E-state index contributed by atoms with van der Waals surface area (Å²) >= 11 is 0. The molecule has 0 aliphatic rings. The Labute approximate surface area is 130 Å². The van der Waals surface area contributed by atoms with Gasteiger partial charge in [0.2, 0.25) is 0 Å². The molecule has 0 fully saturated rings. The summed E-state index contributed by atoms with van der Waals surface area (Å²) in [5.74, 6) is 0.197. The van der Waals surface area contributed by atoms with E-state index in [2.05, 4.69) is 17.1 Å². The molecule has 0 aromatic heterocycles. The molecule has 22 heavy (non-hydrogen) atoms. The average molecular weight is 294 g/mol. The predicted octanol–water partition coefficient (Wildman–Crippen LogP) is 3.41. The molecule has 2 aromatic rings. The van der Waals surface area contributed by atoms with Crippen LogP contribution in [-0.4, -0.2) is 18.2 Å². The van der Waals surface area contributed by atoms with E-state index in [0.29, 0.717) is 17.9 Å². The number of benzene rings is 2. The summed E-state index contributed by atoms with van der Waals surface area (Å²) in [7, 11) is 0. The second-order valence-corrected chi connectivity index (χ2v) is 4.60. The highest BCUT2D eigenvalue weighted by Gasteiger charge is 2.11. The van der Waals surface area contributed by atoms with E-state index in [9.17, 15) is 4.79 Å². The van der Waals surface area contributed by atoms with E-state index in [1.807, 2.05) is 43.3 Å². The van der Waals surface area contributed by atoms with Crippen molar-refractivity contribution in [1.82, 2.24) is 5.43 Å². The molecule has 0 saturated carbocycles. The summed E-state index contributed by atoms with van der Waals surface area (Å²) in [4.78, 5) is 12.2. The first-order valence-corrected chi connectivity index (χ1v) is 6.95. The Hall–Kier alpha value is -2.88. The van der Waals surface area contributed by atoms with Crippen molar-refractivity contribution in [2.24, 2.45) is 5.10 Å². The zero-order chi connectivity index (χ0) is 15.8. The summed E-state index contributed by atoms with van der Waals surface area (Å²) in [6, 6.07) is 16.7. The van der Waals surface area contributed by atoms with Gasteiger partial charge in [-0.15, -0.1) is 0 Å². The summed E-state index contributed by atoms with van der Waals surface area (Å²) in [5.41, 5.74) is 4.69. The lowest BCUT2D eigenvalue weighted by Gasteiger charge is -2.09. The highest BCUT2D eigenvalue weighted by Crippen LogP contribution is 2.17. The molecule has 0 aliphatic heterocycles. The van der Waals surface area contributed by atoms with Crippen molar-refractivity contribution in [3.8, 4) is 5.75 Å². The van der Waals surface area contributed by atoms with Crippen molar-refractivity contribution in [2.45, 2.75) is 6.92 Å². The molecule has 4 heteroatoms. The zero-order valence-corrected chi connectivity index (χ0v) is 12.5. The number of rotatable bonds is 6. The van der Waals surface area contributed by atoms with Gasteiger partial charge in [-0.1, -0.05) is 55.1 Å². The molecule has 0 radical (unpaired) electrons. The van der Waals surface area contributed by atoms with E-state index in [-0.39, 0.29) is 5.91 Å². The molecule has 0 saturated heterocycles. The fraction of sp³-hybridized carbons (Fsp3) is 0.111. The van der Waals surface area contributed by atoms with Crippen LogP contribution in [0.2, 0.25) is 0 Å². The van der Waals surface area contributed by atoms with Gasteiger partial charge in [0, 0.05) is 0 Å². The van der Waals surface area contributed by atoms with Crippen LogP contribution in [0.15, 0.2) is 72.4 Å². The number of hydrogen-bond donors (Lipinski definition) is 1. The maximum absolute atomic E-state index is 12.2. The molecule has 2 rings (SSSR count). The van der Waals surface area contributed by atoms with Crippen molar-refractivity contribution in [1.29, 1.82) is 0 Å². The molecule has 1 N–H and O–H groups in total. The lowest BCUT2D eigenvalue weighted by molar-refractivity contribution is 0.0951. The number of nitrogens with zero attached hydrogens (tertiary/aromatic N) is 1. The number of ether oxygens (including phenoxy) is 1. The van der Waals surface area contributed by atoms with E-state index < -0.39 is 0 Å². The minimum absolute atomic E-state index is 0.310. The molecular formula is C18H18N2O2. The second kappa shape index (κ2) is 7.78. The van der Waals surface area contributed by atoms with E-state index >= 15 is 0 Å². The smallest absolute Gasteiger partial charge is 0.275 e. The van der Waals surface area contributed by atoms with Gasteiger partial charge in [-0.3, -0.25) is 4.79 Å². The number of carbonyl (C=O) groups is 1. The Morgan fingerprint density at radius 2 is 1.86 bits per heavy atom. The molecular weight excluding hydrogens is 276 g/mol. The third kappa shape index (κ3) is 4.06. The number of hydrogen-bond acceptors (Lipinski definition) is 3. The minimum Gasteiger partial charge on any atom is -0.489 e. The second-order valence-electron chi connectivity index (χ2n) is 4.60. The van der Waals surface area contributed by atoms with Crippen molar-refractivity contribution in [3.05, 3.63) is 78.4 Å². The van der Waals surface area contributed by atoms with Crippen molar-refractivity contribution in [2.75, 3.05) is 6.61 Å². The Kier molecular flexibility index (Phi) is 5.49. The SMILES string of the molecule is C=CCOc1ccccc1C(=O)N/N=C(\C)c1ccccc1. The number of nitrogens with one attached hydrogen (secondary N) is 1. The van der Waals surface area contributed by atoms with E-state index in [1.54, 1.807) is 24.3 Å². The molecule has 0 aliphatic carbocycles. The normalized spacial score (nSPS) is 10.9. The number of hydrazone groups is 1. The predicted molar refractivity (Wildman–Crippen MR) is 88.3 cm³/mol. The van der Waals surface area contributed by atoms with Crippen LogP contribution >= 0.6 is 0 Å². The van der Waals surface area contributed by atoms with Crippen molar-refractivity contribution >= 4 is 11.6 Å². The van der Waals surface area contributed by atoms with Gasteiger partial charge in [0.05, 0.1) is 11.3 Å². The van der Waals surface area contributed by atoms with E-state index in [0.717, 1.165) is 11.3 Å². The highest BCUT2D eigenvalue weighted by molar-refractivity contribution is 6.01. The van der Waals surface area contributed by atoms with Crippen LogP contribution in [0, 0.1) is 0 Å². The third-order valence-corrected chi connectivity index (χ3v) is 3.01. The van der Waals surface area contributed by atoms with Gasteiger partial charge < -0.3 is 4.74 Å². The van der Waals surface area contributed by atoms with E-state index in [1.165, 1.54) is 0 Å². The van der Waals surface area contributed by atoms with Gasteiger partial charge in [-0.25, -0.2) is 5.43 Å². The van der Waals surface area contributed by atoms with Crippen LogP contribution in [-0.2, 0) is 0 Å². The molecule has 4 nitrogen and oxygen atoms in total. The van der Waals surface area contributed by atoms with E-state index in [4.69, 9.17) is 4.74 Å². The third-order valence-electron chi connectivity index (χ3n) is 3.01. The summed E-state index contributed by atoms with van der Waals surface area (Å²) in [6.07, 6.45) is 1.63. The number of carbonyl (C=O) groups excluding carboxylic acids is 1. The van der Waals surface area contributed by atoms with Crippen LogP contribution < -0.4 is 10.2 Å². The van der Waals surface area contributed by atoms with Gasteiger partial charge in [-0.2, -0.15) is 5.10 Å². The van der Waals surface area contributed by atoms with Crippen molar-refractivity contribution < 1.29 is 9.53 Å². The molecule has 0 atom stereocenters. The van der Waals surface area contributed by atoms with Crippen LogP contribution in [0.1, 0.15) is 22.8 Å². The Balaban J connectivity index is 2.11. The zero-order valence-electron chi connectivity index (χ0n) is 12.5. The topological polar surface area (TPSA) is 50.7 Å². The summed E-state index contributed by atoms with van der Waals surface area (Å²) in [5, 5.41) is 4.13. The highest BCUT2D eigenvalue weighted by atomic mass is 16.5. The van der Waals surface area contributed by atoms with Crippen molar-refractivity contribution in [3.63, 3.8) is 0 Å². The first-order chi connectivity index (χ1) is 10.7. The van der Waals surface area contributed by atoms with Crippen LogP contribution in [0.5, 0.6) is 5.75 Å². The first-order valence-electron chi connectivity index (χ1n) is 6.95. The Bertz CT molecular complexity index is 678. The largest absolute Gasteiger partial charge is 0.489 e. The van der Waals surface area contributed by atoms with Crippen LogP contribution in [0.25, 0.3) is 0 Å². The van der Waals surface area contributed by atoms with Gasteiger partial charge in [0.25, 0.3) is 5.91 Å². The maximum atomic E-state index is 12.2. The minimum atomic E-state index is -0.310. The maximum Gasteiger partial charge on any atom is 0.275 e. The fourth-order valence-electron chi connectivity index (χ4n) is 1.87. The Morgan fingerprint density at radius 3 is 2.59 bits per heavy atom. The Morgan fingerprint density at radius 1 is 1.18 bits per heavy atom. The van der Waals surface area contributed by atoms with Gasteiger partial charge >= 0.3 is 0 Å². The molecule has 0 heterocycles. The molecule has 1 amide bonds. The summed E-state index contributed by atoms with van der Waals surface area (Å²) in [6.45, 7) is 5.78. The van der Waals surface area contributed by atoms with Gasteiger partial charge in [-0.05, 0) is 24.6 Å². The van der Waals surface area contributed by atoms with Gasteiger partial charge in [0.15, 0.2) is 0 Å². The fourth-order valence-corrected chi connectivity index (χ4v) is 1.87. The lowest BCUT2D eigenvalue weighted by Crippen LogP contribution is -2.20. The van der Waals surface area contributed by atoms with Gasteiger partial charge in [0.1, 0.15) is 12.4 Å². The van der Waals surface area contributed by atoms with Crippen LogP contribution in [0.4, 0.5) is 0 Å². The molecule has 0 spiro atoms. The monoisotopic (exact) mass is 294 g/mol. The molecule has 112 valence electrons. The average Bonchev–Trinajstić information content (AvgIpc) is 2.58.